The van der Waals surface area contributed by atoms with E-state index in [1.54, 1.807) is 17.0 Å². The minimum atomic E-state index is -0.921. The molecule has 1 aliphatic heterocycles. The van der Waals surface area contributed by atoms with Gasteiger partial charge in [-0.05, 0) is 37.8 Å². The van der Waals surface area contributed by atoms with Crippen LogP contribution in [-0.4, -0.2) is 28.6 Å². The number of carboxylic acids is 1. The zero-order valence-electron chi connectivity index (χ0n) is 10.7. The number of carboxylic acid groups (broad SMARTS) is 1. The van der Waals surface area contributed by atoms with E-state index >= 15 is 0 Å². The maximum atomic E-state index is 11.3. The van der Waals surface area contributed by atoms with Gasteiger partial charge in [0.1, 0.15) is 11.7 Å². The van der Waals surface area contributed by atoms with E-state index in [9.17, 15) is 20.0 Å². The number of nitrogens with zero attached hydrogens (tertiary/aromatic N) is 2. The second-order valence-electron chi connectivity index (χ2n) is 4.79. The molecule has 1 heterocycles. The summed E-state index contributed by atoms with van der Waals surface area (Å²) in [6.07, 6.45) is 2.22. The zero-order valence-corrected chi connectivity index (χ0v) is 10.7. The maximum absolute atomic E-state index is 11.3. The third-order valence-corrected chi connectivity index (χ3v) is 3.42. The lowest BCUT2D eigenvalue weighted by Crippen LogP contribution is -2.45. The smallest absolute Gasteiger partial charge is 0.326 e. The lowest BCUT2D eigenvalue weighted by molar-refractivity contribution is -0.384. The van der Waals surface area contributed by atoms with Gasteiger partial charge in [0.2, 0.25) is 0 Å². The van der Waals surface area contributed by atoms with Crippen LogP contribution >= 0.6 is 0 Å². The summed E-state index contributed by atoms with van der Waals surface area (Å²) in [4.78, 5) is 23.6. The molecule has 2 rings (SSSR count). The minimum Gasteiger partial charge on any atom is -0.480 e. The molecule has 1 aromatic rings. The summed E-state index contributed by atoms with van der Waals surface area (Å²) in [5, 5.41) is 20.3. The second kappa shape index (κ2) is 5.26. The lowest BCUT2D eigenvalue weighted by Gasteiger charge is -2.34. The molecule has 0 spiro atoms. The van der Waals surface area contributed by atoms with Crippen LogP contribution in [0.15, 0.2) is 18.2 Å². The largest absolute Gasteiger partial charge is 0.480 e. The number of anilines is 1. The predicted octanol–water partition coefficient (Wildman–Crippen LogP) is 2.35. The van der Waals surface area contributed by atoms with Crippen LogP contribution in [0.1, 0.15) is 24.8 Å². The summed E-state index contributed by atoms with van der Waals surface area (Å²) in [7, 11) is 0. The number of rotatable bonds is 3. The van der Waals surface area contributed by atoms with Crippen LogP contribution in [0, 0.1) is 17.0 Å². The molecule has 0 aromatic heterocycles. The molecule has 19 heavy (non-hydrogen) atoms. The number of nitro benzene ring substituents is 1. The highest BCUT2D eigenvalue weighted by molar-refractivity contribution is 5.80. The van der Waals surface area contributed by atoms with Gasteiger partial charge in [-0.1, -0.05) is 6.07 Å². The van der Waals surface area contributed by atoms with Gasteiger partial charge in [0, 0.05) is 12.6 Å². The predicted molar refractivity (Wildman–Crippen MR) is 70.5 cm³/mol. The summed E-state index contributed by atoms with van der Waals surface area (Å²) < 4.78 is 0. The quantitative estimate of drug-likeness (QED) is 0.669. The van der Waals surface area contributed by atoms with Crippen molar-refractivity contribution in [2.24, 2.45) is 0 Å². The van der Waals surface area contributed by atoms with Gasteiger partial charge in [-0.15, -0.1) is 0 Å². The number of carbonyl (C=O) groups is 1. The molecule has 0 radical (unpaired) electrons. The van der Waals surface area contributed by atoms with Crippen molar-refractivity contribution < 1.29 is 14.8 Å². The Labute approximate surface area is 110 Å². The molecule has 1 saturated heterocycles. The zero-order chi connectivity index (χ0) is 14.0. The SMILES string of the molecule is Cc1ccc([N+](=O)[O-])c(N2CCCCC2C(=O)O)c1. The van der Waals surface area contributed by atoms with Crippen molar-refractivity contribution in [3.05, 3.63) is 33.9 Å². The molecule has 1 unspecified atom stereocenters. The van der Waals surface area contributed by atoms with Gasteiger partial charge in [-0.3, -0.25) is 10.1 Å². The van der Waals surface area contributed by atoms with Gasteiger partial charge in [-0.25, -0.2) is 4.79 Å². The first-order valence-corrected chi connectivity index (χ1v) is 6.25. The van der Waals surface area contributed by atoms with E-state index in [0.29, 0.717) is 18.7 Å². The Morgan fingerprint density at radius 1 is 1.47 bits per heavy atom. The molecule has 1 aromatic carbocycles. The molecule has 1 fully saturated rings. The third kappa shape index (κ3) is 2.67. The first-order chi connectivity index (χ1) is 9.00. The van der Waals surface area contributed by atoms with E-state index in [0.717, 1.165) is 18.4 Å². The van der Waals surface area contributed by atoms with Crippen LogP contribution in [0.5, 0.6) is 0 Å². The molecular formula is C13H16N2O4. The molecule has 0 aliphatic carbocycles. The first-order valence-electron chi connectivity index (χ1n) is 6.25. The van der Waals surface area contributed by atoms with Crippen LogP contribution in [0.25, 0.3) is 0 Å². The van der Waals surface area contributed by atoms with Crippen LogP contribution < -0.4 is 4.90 Å². The lowest BCUT2D eigenvalue weighted by atomic mass is 10.0. The third-order valence-electron chi connectivity index (χ3n) is 3.42. The van der Waals surface area contributed by atoms with Crippen LogP contribution in [0.4, 0.5) is 11.4 Å². The number of hydrogen-bond donors (Lipinski definition) is 1. The highest BCUT2D eigenvalue weighted by Gasteiger charge is 2.32. The van der Waals surface area contributed by atoms with E-state index in [4.69, 9.17) is 0 Å². The van der Waals surface area contributed by atoms with Gasteiger partial charge in [0.05, 0.1) is 4.92 Å². The number of piperidine rings is 1. The number of aryl methyl sites for hydroxylation is 1. The van der Waals surface area contributed by atoms with Gasteiger partial charge in [0.25, 0.3) is 5.69 Å². The van der Waals surface area contributed by atoms with Crippen LogP contribution in [-0.2, 0) is 4.79 Å². The summed E-state index contributed by atoms with van der Waals surface area (Å²) >= 11 is 0. The number of hydrogen-bond acceptors (Lipinski definition) is 4. The molecule has 1 atom stereocenters. The van der Waals surface area contributed by atoms with E-state index in [-0.39, 0.29) is 5.69 Å². The molecule has 1 aliphatic rings. The van der Waals surface area contributed by atoms with Crippen molar-refractivity contribution in [3.63, 3.8) is 0 Å². The fraction of sp³-hybridized carbons (Fsp3) is 0.462. The Balaban J connectivity index is 2.46. The summed E-state index contributed by atoms with van der Waals surface area (Å²) in [6, 6.07) is 4.13. The van der Waals surface area contributed by atoms with Gasteiger partial charge < -0.3 is 10.0 Å². The number of aliphatic carboxylic acids is 1. The second-order valence-corrected chi connectivity index (χ2v) is 4.79. The normalized spacial score (nSPS) is 19.2. The van der Waals surface area contributed by atoms with Crippen molar-refractivity contribution in [2.45, 2.75) is 32.2 Å². The van der Waals surface area contributed by atoms with Crippen molar-refractivity contribution >= 4 is 17.3 Å². The van der Waals surface area contributed by atoms with Crippen LogP contribution in [0.3, 0.4) is 0 Å². The van der Waals surface area contributed by atoms with E-state index in [2.05, 4.69) is 0 Å². The average molecular weight is 264 g/mol. The topological polar surface area (TPSA) is 83.7 Å². The Morgan fingerprint density at radius 2 is 2.21 bits per heavy atom. The van der Waals surface area contributed by atoms with Crippen molar-refractivity contribution in [2.75, 3.05) is 11.4 Å². The van der Waals surface area contributed by atoms with Crippen molar-refractivity contribution in [3.8, 4) is 0 Å². The summed E-state index contributed by atoms with van der Waals surface area (Å²) in [6.45, 7) is 2.38. The van der Waals surface area contributed by atoms with Crippen molar-refractivity contribution in [1.29, 1.82) is 0 Å². The maximum Gasteiger partial charge on any atom is 0.326 e. The Morgan fingerprint density at radius 3 is 2.84 bits per heavy atom. The standard InChI is InChI=1S/C13H16N2O4/c1-9-5-6-10(15(18)19)12(8-9)14-7-3-2-4-11(14)13(16)17/h5-6,8,11H,2-4,7H2,1H3,(H,16,17). The molecule has 6 heteroatoms. The molecule has 102 valence electrons. The molecule has 1 N–H and O–H groups in total. The Kier molecular flexibility index (Phi) is 3.69. The van der Waals surface area contributed by atoms with E-state index < -0.39 is 16.9 Å². The fourth-order valence-corrected chi connectivity index (χ4v) is 2.49. The molecule has 0 amide bonds. The summed E-state index contributed by atoms with van der Waals surface area (Å²) in [5.74, 6) is -0.921. The molecular weight excluding hydrogens is 248 g/mol. The number of nitro groups is 1. The average Bonchev–Trinajstić information content (AvgIpc) is 2.38. The van der Waals surface area contributed by atoms with Gasteiger partial charge in [0.15, 0.2) is 0 Å². The summed E-state index contributed by atoms with van der Waals surface area (Å²) in [5.41, 5.74) is 1.27. The van der Waals surface area contributed by atoms with Gasteiger partial charge in [-0.2, -0.15) is 0 Å². The van der Waals surface area contributed by atoms with Crippen LogP contribution in [0.2, 0.25) is 0 Å². The first kappa shape index (κ1) is 13.3. The van der Waals surface area contributed by atoms with Gasteiger partial charge >= 0.3 is 5.97 Å². The Hall–Kier alpha value is -2.11. The number of benzene rings is 1. The minimum absolute atomic E-state index is 0.0289. The van der Waals surface area contributed by atoms with Crippen molar-refractivity contribution in [1.82, 2.24) is 0 Å². The fourth-order valence-electron chi connectivity index (χ4n) is 2.49. The highest BCUT2D eigenvalue weighted by atomic mass is 16.6. The molecule has 0 bridgehead atoms. The Bertz CT molecular complexity index is 515. The van der Waals surface area contributed by atoms with E-state index in [1.807, 2.05) is 6.92 Å². The monoisotopic (exact) mass is 264 g/mol. The molecule has 0 saturated carbocycles. The van der Waals surface area contributed by atoms with E-state index in [1.165, 1.54) is 6.07 Å². The molecule has 6 nitrogen and oxygen atoms in total. The highest BCUT2D eigenvalue weighted by Crippen LogP contribution is 2.33.